The summed E-state index contributed by atoms with van der Waals surface area (Å²) in [7, 11) is 0. The van der Waals surface area contributed by atoms with Gasteiger partial charge in [0.05, 0.1) is 37.9 Å². The lowest BCUT2D eigenvalue weighted by Crippen LogP contribution is -2.41. The molecular weight excluding hydrogens is 362 g/mol. The third kappa shape index (κ3) is 9.52. The van der Waals surface area contributed by atoms with Crippen molar-refractivity contribution in [3.05, 3.63) is 48.3 Å². The van der Waals surface area contributed by atoms with Gasteiger partial charge in [0.25, 0.3) is 0 Å². The van der Waals surface area contributed by atoms with Crippen LogP contribution in [0.5, 0.6) is 0 Å². The van der Waals surface area contributed by atoms with Gasteiger partial charge in [-0.2, -0.15) is 0 Å². The van der Waals surface area contributed by atoms with Crippen molar-refractivity contribution in [1.29, 1.82) is 0 Å². The first-order valence-corrected chi connectivity index (χ1v) is 9.81. The highest BCUT2D eigenvalue weighted by Gasteiger charge is 2.17. The summed E-state index contributed by atoms with van der Waals surface area (Å²) in [6.07, 6.45) is 2.90. The molecule has 0 radical (unpaired) electrons. The molecule has 0 amide bonds. The first-order valence-electron chi connectivity index (χ1n) is 9.81. The van der Waals surface area contributed by atoms with E-state index in [9.17, 15) is 10.2 Å². The van der Waals surface area contributed by atoms with E-state index in [2.05, 4.69) is 18.7 Å². The van der Waals surface area contributed by atoms with E-state index in [-0.39, 0.29) is 13.2 Å². The summed E-state index contributed by atoms with van der Waals surface area (Å²) in [6, 6.07) is 7.27. The number of aliphatic hydroxyl groups is 2. The van der Waals surface area contributed by atoms with Crippen LogP contribution in [0.15, 0.2) is 45.6 Å². The highest BCUT2D eigenvalue weighted by atomic mass is 16.5. The molecule has 0 saturated carbocycles. The lowest BCUT2D eigenvalue weighted by molar-refractivity contribution is -0.0200. The summed E-state index contributed by atoms with van der Waals surface area (Å²) < 4.78 is 21.4. The summed E-state index contributed by atoms with van der Waals surface area (Å²) in [4.78, 5) is 2.06. The van der Waals surface area contributed by atoms with Crippen LogP contribution in [0.2, 0.25) is 0 Å². The van der Waals surface area contributed by atoms with Gasteiger partial charge in [0.1, 0.15) is 24.7 Å². The van der Waals surface area contributed by atoms with E-state index < -0.39 is 12.2 Å². The van der Waals surface area contributed by atoms with Crippen LogP contribution in [0.1, 0.15) is 31.8 Å². The van der Waals surface area contributed by atoms with Crippen molar-refractivity contribution in [1.82, 2.24) is 4.90 Å². The average Bonchev–Trinajstić information content (AvgIpc) is 3.33. The van der Waals surface area contributed by atoms with Crippen LogP contribution in [0.4, 0.5) is 0 Å². The highest BCUT2D eigenvalue weighted by Crippen LogP contribution is 2.07. The first-order chi connectivity index (χ1) is 13.5. The molecule has 0 aliphatic heterocycles. The summed E-state index contributed by atoms with van der Waals surface area (Å²) >= 11 is 0. The van der Waals surface area contributed by atoms with E-state index in [1.807, 2.05) is 12.1 Å². The number of aliphatic hydroxyl groups excluding tert-OH is 2. The topological polar surface area (TPSA) is 88.4 Å². The van der Waals surface area contributed by atoms with Gasteiger partial charge < -0.3 is 28.5 Å². The SMILES string of the molecule is CC(C)CCN(C[C@@H](O)COCc1ccco1)C[C@@H](O)COCc1ccco1. The fraction of sp³-hybridized carbons (Fsp3) is 0.619. The molecule has 158 valence electrons. The molecular formula is C21H33NO6. The molecule has 0 aromatic carbocycles. The monoisotopic (exact) mass is 395 g/mol. The fourth-order valence-electron chi connectivity index (χ4n) is 2.78. The third-order valence-corrected chi connectivity index (χ3v) is 4.23. The van der Waals surface area contributed by atoms with Gasteiger partial charge in [-0.15, -0.1) is 0 Å². The fourth-order valence-corrected chi connectivity index (χ4v) is 2.78. The Kier molecular flexibility index (Phi) is 10.3. The molecule has 0 saturated heterocycles. The summed E-state index contributed by atoms with van der Waals surface area (Å²) in [5.74, 6) is 2.00. The van der Waals surface area contributed by atoms with Gasteiger partial charge in [0, 0.05) is 13.1 Å². The largest absolute Gasteiger partial charge is 0.467 e. The Hall–Kier alpha value is -1.64. The van der Waals surface area contributed by atoms with E-state index in [4.69, 9.17) is 18.3 Å². The molecule has 2 aromatic rings. The predicted molar refractivity (Wildman–Crippen MR) is 105 cm³/mol. The Morgan fingerprint density at radius 2 is 1.39 bits per heavy atom. The van der Waals surface area contributed by atoms with Crippen LogP contribution >= 0.6 is 0 Å². The molecule has 0 bridgehead atoms. The minimum Gasteiger partial charge on any atom is -0.467 e. The maximum absolute atomic E-state index is 10.3. The standard InChI is InChI=1S/C21H33NO6/c1-17(2)7-8-22(11-18(23)13-25-15-20-5-3-9-27-20)12-19(24)14-26-16-21-6-4-10-28-21/h3-6,9-10,17-19,23-24H,7-8,11-16H2,1-2H3/t18-,19-/m1/s1. The quantitative estimate of drug-likeness (QED) is 0.479. The van der Waals surface area contributed by atoms with Crippen molar-refractivity contribution in [2.24, 2.45) is 5.92 Å². The van der Waals surface area contributed by atoms with Gasteiger partial charge in [-0.25, -0.2) is 0 Å². The van der Waals surface area contributed by atoms with Crippen LogP contribution in [0.25, 0.3) is 0 Å². The van der Waals surface area contributed by atoms with Gasteiger partial charge in [0.15, 0.2) is 0 Å². The van der Waals surface area contributed by atoms with Crippen molar-refractivity contribution >= 4 is 0 Å². The molecule has 2 heterocycles. The number of nitrogens with zero attached hydrogens (tertiary/aromatic N) is 1. The van der Waals surface area contributed by atoms with Crippen molar-refractivity contribution in [3.8, 4) is 0 Å². The number of rotatable bonds is 15. The zero-order chi connectivity index (χ0) is 20.2. The zero-order valence-electron chi connectivity index (χ0n) is 16.8. The van der Waals surface area contributed by atoms with Crippen molar-refractivity contribution in [2.75, 3.05) is 32.8 Å². The first kappa shape index (κ1) is 22.6. The second kappa shape index (κ2) is 12.7. The maximum atomic E-state index is 10.3. The van der Waals surface area contributed by atoms with Gasteiger partial charge in [-0.3, -0.25) is 4.90 Å². The summed E-state index contributed by atoms with van der Waals surface area (Å²) in [5.41, 5.74) is 0. The van der Waals surface area contributed by atoms with E-state index in [0.29, 0.717) is 32.2 Å². The summed E-state index contributed by atoms with van der Waals surface area (Å²) in [5, 5.41) is 20.6. The van der Waals surface area contributed by atoms with Crippen molar-refractivity contribution < 1.29 is 28.5 Å². The Bertz CT molecular complexity index is 550. The molecule has 2 N–H and O–H groups in total. The van der Waals surface area contributed by atoms with E-state index >= 15 is 0 Å². The van der Waals surface area contributed by atoms with Gasteiger partial charge >= 0.3 is 0 Å². The third-order valence-electron chi connectivity index (χ3n) is 4.23. The minimum absolute atomic E-state index is 0.212. The Morgan fingerprint density at radius 3 is 1.79 bits per heavy atom. The summed E-state index contributed by atoms with van der Waals surface area (Å²) in [6.45, 7) is 7.06. The van der Waals surface area contributed by atoms with Gasteiger partial charge in [0.2, 0.25) is 0 Å². The van der Waals surface area contributed by atoms with Crippen LogP contribution in [0, 0.1) is 5.92 Å². The smallest absolute Gasteiger partial charge is 0.129 e. The van der Waals surface area contributed by atoms with Crippen LogP contribution in [-0.4, -0.2) is 60.2 Å². The lowest BCUT2D eigenvalue weighted by atomic mass is 10.1. The van der Waals surface area contributed by atoms with Crippen molar-refractivity contribution in [3.63, 3.8) is 0 Å². The number of furan rings is 2. The molecule has 2 atom stereocenters. The molecule has 0 spiro atoms. The van der Waals surface area contributed by atoms with Crippen molar-refractivity contribution in [2.45, 2.75) is 45.7 Å². The van der Waals surface area contributed by atoms with E-state index in [0.717, 1.165) is 24.5 Å². The molecule has 2 rings (SSSR count). The zero-order valence-corrected chi connectivity index (χ0v) is 16.8. The minimum atomic E-state index is -0.640. The van der Waals surface area contributed by atoms with E-state index in [1.54, 1.807) is 24.7 Å². The average molecular weight is 395 g/mol. The molecule has 28 heavy (non-hydrogen) atoms. The second-order valence-electron chi connectivity index (χ2n) is 7.44. The number of hydrogen-bond donors (Lipinski definition) is 2. The molecule has 0 fully saturated rings. The number of hydrogen-bond acceptors (Lipinski definition) is 7. The Morgan fingerprint density at radius 1 is 0.893 bits per heavy atom. The van der Waals surface area contributed by atoms with Gasteiger partial charge in [-0.05, 0) is 43.1 Å². The van der Waals surface area contributed by atoms with Crippen LogP contribution in [0.3, 0.4) is 0 Å². The normalized spacial score (nSPS) is 14.1. The molecule has 7 heteroatoms. The van der Waals surface area contributed by atoms with Gasteiger partial charge in [-0.1, -0.05) is 13.8 Å². The molecule has 2 aromatic heterocycles. The molecule has 0 aliphatic rings. The molecule has 0 unspecified atom stereocenters. The molecule has 0 aliphatic carbocycles. The lowest BCUT2D eigenvalue weighted by Gasteiger charge is -2.27. The number of ether oxygens (including phenoxy) is 2. The van der Waals surface area contributed by atoms with Crippen LogP contribution < -0.4 is 0 Å². The van der Waals surface area contributed by atoms with Crippen LogP contribution in [-0.2, 0) is 22.7 Å². The Labute approximate surface area is 166 Å². The molecule has 7 nitrogen and oxygen atoms in total. The highest BCUT2D eigenvalue weighted by molar-refractivity contribution is 4.96. The predicted octanol–water partition coefficient (Wildman–Crippen LogP) is 2.68. The maximum Gasteiger partial charge on any atom is 0.129 e. The Balaban J connectivity index is 1.70. The van der Waals surface area contributed by atoms with E-state index in [1.165, 1.54) is 0 Å². The second-order valence-corrected chi connectivity index (χ2v) is 7.44.